The van der Waals surface area contributed by atoms with Crippen molar-refractivity contribution >= 4 is 28.9 Å². The Morgan fingerprint density at radius 3 is 2.66 bits per heavy atom. The van der Waals surface area contributed by atoms with Crippen LogP contribution in [0.25, 0.3) is 0 Å². The molecule has 3 aromatic rings. The molecule has 0 radical (unpaired) electrons. The molecule has 0 spiro atoms. The van der Waals surface area contributed by atoms with Crippen molar-refractivity contribution in [3.8, 4) is 5.75 Å². The highest BCUT2D eigenvalue weighted by Crippen LogP contribution is 2.35. The number of alkyl halides is 3. The number of benzene rings is 2. The summed E-state index contributed by atoms with van der Waals surface area (Å²) in [5.74, 6) is 0.558. The van der Waals surface area contributed by atoms with Crippen LogP contribution in [0.3, 0.4) is 0 Å². The second kappa shape index (κ2) is 10.5. The molecule has 0 bridgehead atoms. The van der Waals surface area contributed by atoms with Crippen LogP contribution < -0.4 is 25.2 Å². The monoisotopic (exact) mass is 526 g/mol. The van der Waals surface area contributed by atoms with Crippen molar-refractivity contribution in [2.45, 2.75) is 25.4 Å². The predicted octanol–water partition coefficient (Wildman–Crippen LogP) is 3.96. The molecular formula is C27H29F3N6O2. The first-order chi connectivity index (χ1) is 18.2. The summed E-state index contributed by atoms with van der Waals surface area (Å²) in [5.41, 5.74) is 3.07. The van der Waals surface area contributed by atoms with E-state index in [9.17, 15) is 18.0 Å². The minimum absolute atomic E-state index is 0.0335. The van der Waals surface area contributed by atoms with Gasteiger partial charge in [0.2, 0.25) is 11.9 Å². The number of fused-ring (bicyclic) bond motifs is 1. The number of rotatable bonds is 7. The maximum atomic E-state index is 13.8. The Balaban J connectivity index is 1.39. The van der Waals surface area contributed by atoms with Crippen LogP contribution in [0.4, 0.5) is 36.2 Å². The Labute approximate surface area is 218 Å². The quantitative estimate of drug-likeness (QED) is 0.482. The van der Waals surface area contributed by atoms with Crippen LogP contribution in [-0.2, 0) is 30.2 Å². The molecule has 2 aromatic carbocycles. The SMILES string of the molecule is COc1cc(N2CCNCC2)ccc1Nc1ncc(C(F)(F)F)c(CCc2cccc3c2CC(=O)N3C)n1. The molecule has 3 heterocycles. The number of aryl methyl sites for hydroxylation is 2. The third kappa shape index (κ3) is 5.24. The van der Waals surface area contributed by atoms with Gasteiger partial charge < -0.3 is 25.2 Å². The topological polar surface area (TPSA) is 82.6 Å². The summed E-state index contributed by atoms with van der Waals surface area (Å²) >= 11 is 0. The van der Waals surface area contributed by atoms with Crippen LogP contribution in [-0.4, -0.2) is 56.2 Å². The molecule has 0 atom stereocenters. The van der Waals surface area contributed by atoms with Gasteiger partial charge in [-0.15, -0.1) is 0 Å². The van der Waals surface area contributed by atoms with Gasteiger partial charge in [-0.3, -0.25) is 4.79 Å². The molecule has 200 valence electrons. The lowest BCUT2D eigenvalue weighted by Gasteiger charge is -2.30. The number of ether oxygens (including phenoxy) is 1. The van der Waals surface area contributed by atoms with Crippen molar-refractivity contribution in [2.75, 3.05) is 55.5 Å². The Bertz CT molecular complexity index is 1340. The summed E-state index contributed by atoms with van der Waals surface area (Å²) in [6.07, 6.45) is -3.18. The third-order valence-electron chi connectivity index (χ3n) is 7.03. The Morgan fingerprint density at radius 2 is 1.92 bits per heavy atom. The van der Waals surface area contributed by atoms with E-state index in [4.69, 9.17) is 4.74 Å². The molecule has 2 aliphatic rings. The number of hydrogen-bond donors (Lipinski definition) is 2. The lowest BCUT2D eigenvalue weighted by molar-refractivity contribution is -0.138. The molecule has 5 rings (SSSR count). The van der Waals surface area contributed by atoms with Crippen molar-refractivity contribution in [3.63, 3.8) is 0 Å². The van der Waals surface area contributed by atoms with Crippen molar-refractivity contribution in [2.24, 2.45) is 0 Å². The Hall–Kier alpha value is -3.86. The summed E-state index contributed by atoms with van der Waals surface area (Å²) < 4.78 is 47.0. The normalized spacial score (nSPS) is 15.6. The maximum absolute atomic E-state index is 13.8. The van der Waals surface area contributed by atoms with Crippen LogP contribution in [0.2, 0.25) is 0 Å². The van der Waals surface area contributed by atoms with Gasteiger partial charge in [0.05, 0.1) is 30.5 Å². The number of nitrogens with zero attached hydrogens (tertiary/aromatic N) is 4. The first-order valence-electron chi connectivity index (χ1n) is 12.5. The molecule has 2 aliphatic heterocycles. The Kier molecular flexibility index (Phi) is 7.11. The smallest absolute Gasteiger partial charge is 0.419 e. The number of carbonyl (C=O) groups is 1. The van der Waals surface area contributed by atoms with Gasteiger partial charge in [0.15, 0.2) is 0 Å². The highest BCUT2D eigenvalue weighted by atomic mass is 19.4. The highest BCUT2D eigenvalue weighted by molar-refractivity contribution is 6.01. The van der Waals surface area contributed by atoms with E-state index in [0.29, 0.717) is 17.9 Å². The van der Waals surface area contributed by atoms with Crippen molar-refractivity contribution in [1.29, 1.82) is 0 Å². The van der Waals surface area contributed by atoms with Crippen LogP contribution in [0.5, 0.6) is 5.75 Å². The fourth-order valence-corrected chi connectivity index (χ4v) is 4.96. The van der Waals surface area contributed by atoms with Crippen molar-refractivity contribution in [3.05, 3.63) is 65.0 Å². The lowest BCUT2D eigenvalue weighted by Crippen LogP contribution is -2.43. The molecule has 0 saturated carbocycles. The number of nitrogens with one attached hydrogen (secondary N) is 2. The van der Waals surface area contributed by atoms with E-state index in [-0.39, 0.29) is 30.4 Å². The van der Waals surface area contributed by atoms with Gasteiger partial charge in [-0.2, -0.15) is 13.2 Å². The zero-order chi connectivity index (χ0) is 26.9. The number of carbonyl (C=O) groups excluding carboxylic acids is 1. The number of anilines is 4. The van der Waals surface area contributed by atoms with E-state index in [0.717, 1.165) is 54.9 Å². The van der Waals surface area contributed by atoms with Gasteiger partial charge in [-0.1, -0.05) is 12.1 Å². The lowest BCUT2D eigenvalue weighted by atomic mass is 9.98. The largest absolute Gasteiger partial charge is 0.494 e. The Morgan fingerprint density at radius 1 is 1.13 bits per heavy atom. The standard InChI is InChI=1S/C27H29F3N6O2/c1-35-23-5-3-4-17(19(23)15-25(35)37)6-8-21-20(27(28,29)30)16-32-26(33-21)34-22-9-7-18(14-24(22)38-2)36-12-10-31-11-13-36/h3-5,7,9,14,16,31H,6,8,10-13,15H2,1-2H3,(H,32,33,34). The molecule has 38 heavy (non-hydrogen) atoms. The van der Waals surface area contributed by atoms with Gasteiger partial charge in [0, 0.05) is 56.9 Å². The molecule has 1 aromatic heterocycles. The van der Waals surface area contributed by atoms with E-state index in [2.05, 4.69) is 25.5 Å². The molecule has 11 heteroatoms. The average Bonchev–Trinajstić information content (AvgIpc) is 3.21. The molecule has 8 nitrogen and oxygen atoms in total. The predicted molar refractivity (Wildman–Crippen MR) is 139 cm³/mol. The number of hydrogen-bond acceptors (Lipinski definition) is 7. The van der Waals surface area contributed by atoms with E-state index < -0.39 is 11.7 Å². The van der Waals surface area contributed by atoms with Gasteiger partial charge >= 0.3 is 6.18 Å². The zero-order valence-corrected chi connectivity index (χ0v) is 21.2. The van der Waals surface area contributed by atoms with Crippen molar-refractivity contribution in [1.82, 2.24) is 15.3 Å². The molecule has 0 unspecified atom stereocenters. The zero-order valence-electron chi connectivity index (χ0n) is 21.2. The van der Waals surface area contributed by atoms with Crippen LogP contribution in [0.1, 0.15) is 22.4 Å². The molecule has 1 amide bonds. The fourth-order valence-electron chi connectivity index (χ4n) is 4.96. The van der Waals surface area contributed by atoms with Crippen LogP contribution in [0.15, 0.2) is 42.6 Å². The number of halogens is 3. The average molecular weight is 527 g/mol. The van der Waals surface area contributed by atoms with E-state index in [1.165, 1.54) is 0 Å². The summed E-state index contributed by atoms with van der Waals surface area (Å²) in [5, 5.41) is 6.34. The summed E-state index contributed by atoms with van der Waals surface area (Å²) in [6, 6.07) is 11.2. The van der Waals surface area contributed by atoms with Crippen LogP contribution in [0, 0.1) is 0 Å². The summed E-state index contributed by atoms with van der Waals surface area (Å²) in [4.78, 5) is 24.2. The second-order valence-electron chi connectivity index (χ2n) is 9.34. The molecule has 2 N–H and O–H groups in total. The van der Waals surface area contributed by atoms with E-state index in [1.54, 1.807) is 19.1 Å². The number of methoxy groups -OCH3 is 1. The molecule has 0 aliphatic carbocycles. The number of piperazine rings is 1. The second-order valence-corrected chi connectivity index (χ2v) is 9.34. The summed E-state index contributed by atoms with van der Waals surface area (Å²) in [7, 11) is 3.24. The molecule has 1 fully saturated rings. The highest BCUT2D eigenvalue weighted by Gasteiger charge is 2.35. The number of amides is 1. The number of aromatic nitrogens is 2. The minimum atomic E-state index is -4.59. The maximum Gasteiger partial charge on any atom is 0.419 e. The van der Waals surface area contributed by atoms with Gasteiger partial charge in [0.1, 0.15) is 5.75 Å². The van der Waals surface area contributed by atoms with E-state index >= 15 is 0 Å². The minimum Gasteiger partial charge on any atom is -0.494 e. The van der Waals surface area contributed by atoms with Gasteiger partial charge in [0.25, 0.3) is 0 Å². The van der Waals surface area contributed by atoms with E-state index in [1.807, 2.05) is 36.4 Å². The van der Waals surface area contributed by atoms with Crippen molar-refractivity contribution < 1.29 is 22.7 Å². The molecular weight excluding hydrogens is 497 g/mol. The first-order valence-corrected chi connectivity index (χ1v) is 12.5. The first kappa shape index (κ1) is 25.8. The van der Waals surface area contributed by atoms with Gasteiger partial charge in [-0.05, 0) is 42.2 Å². The fraction of sp³-hybridized carbons (Fsp3) is 0.370. The van der Waals surface area contributed by atoms with Crippen LogP contribution >= 0.6 is 0 Å². The third-order valence-corrected chi connectivity index (χ3v) is 7.03. The van der Waals surface area contributed by atoms with Gasteiger partial charge in [-0.25, -0.2) is 9.97 Å². The number of likely N-dealkylation sites (N-methyl/N-ethyl adjacent to an activating group) is 1. The molecule has 1 saturated heterocycles. The summed E-state index contributed by atoms with van der Waals surface area (Å²) in [6.45, 7) is 3.53.